The normalized spacial score (nSPS) is 13.0. The topological polar surface area (TPSA) is 80.4 Å². The van der Waals surface area contributed by atoms with E-state index in [2.05, 4.69) is 5.32 Å². The number of anilines is 1. The SMILES string of the molecule is COCC(CNc1ccc(C(F)(F)F)c(C(=N)N)c1)OC. The van der Waals surface area contributed by atoms with E-state index < -0.39 is 17.6 Å². The van der Waals surface area contributed by atoms with Crippen molar-refractivity contribution in [2.45, 2.75) is 12.3 Å². The van der Waals surface area contributed by atoms with E-state index in [-0.39, 0.29) is 11.7 Å². The number of rotatable bonds is 7. The van der Waals surface area contributed by atoms with Gasteiger partial charge in [-0.2, -0.15) is 13.2 Å². The highest BCUT2D eigenvalue weighted by molar-refractivity contribution is 5.97. The van der Waals surface area contributed by atoms with Crippen molar-refractivity contribution in [3.8, 4) is 0 Å². The maximum Gasteiger partial charge on any atom is 0.417 e. The Kier molecular flexibility index (Phi) is 5.98. The molecule has 0 aromatic heterocycles. The van der Waals surface area contributed by atoms with Gasteiger partial charge in [0.1, 0.15) is 5.84 Å². The summed E-state index contributed by atoms with van der Waals surface area (Å²) in [5, 5.41) is 10.2. The van der Waals surface area contributed by atoms with Crippen LogP contribution in [0.5, 0.6) is 0 Å². The molecule has 0 bridgehead atoms. The third-order valence-corrected chi connectivity index (χ3v) is 2.83. The van der Waals surface area contributed by atoms with Crippen LogP contribution < -0.4 is 11.1 Å². The summed E-state index contributed by atoms with van der Waals surface area (Å²) in [6, 6.07) is 3.39. The molecule has 0 aliphatic carbocycles. The fourth-order valence-electron chi connectivity index (χ4n) is 1.75. The number of nitrogens with one attached hydrogen (secondary N) is 2. The molecule has 0 radical (unpaired) electrons. The highest BCUT2D eigenvalue weighted by Crippen LogP contribution is 2.33. The zero-order valence-electron chi connectivity index (χ0n) is 11.8. The quantitative estimate of drug-likeness (QED) is 0.532. The molecule has 1 atom stereocenters. The molecule has 0 spiro atoms. The predicted octanol–water partition coefficient (Wildman–Crippen LogP) is 2.06. The van der Waals surface area contributed by atoms with Crippen LogP contribution in [0.25, 0.3) is 0 Å². The van der Waals surface area contributed by atoms with Crippen molar-refractivity contribution in [3.05, 3.63) is 29.3 Å². The van der Waals surface area contributed by atoms with Gasteiger partial charge in [0.15, 0.2) is 0 Å². The monoisotopic (exact) mass is 305 g/mol. The van der Waals surface area contributed by atoms with Crippen LogP contribution in [0, 0.1) is 5.41 Å². The Balaban J connectivity index is 2.91. The van der Waals surface area contributed by atoms with Gasteiger partial charge in [-0.05, 0) is 18.2 Å². The number of halogens is 3. The zero-order valence-corrected chi connectivity index (χ0v) is 11.8. The lowest BCUT2D eigenvalue weighted by Crippen LogP contribution is -2.27. The molecular weight excluding hydrogens is 287 g/mol. The second-order valence-electron chi connectivity index (χ2n) is 4.37. The smallest absolute Gasteiger partial charge is 0.384 e. The van der Waals surface area contributed by atoms with Crippen LogP contribution in [0.1, 0.15) is 11.1 Å². The summed E-state index contributed by atoms with van der Waals surface area (Å²) in [4.78, 5) is 0. The largest absolute Gasteiger partial charge is 0.417 e. The number of hydrogen-bond donors (Lipinski definition) is 3. The molecule has 0 aliphatic heterocycles. The van der Waals surface area contributed by atoms with E-state index in [0.29, 0.717) is 18.8 Å². The van der Waals surface area contributed by atoms with Crippen molar-refractivity contribution in [3.63, 3.8) is 0 Å². The molecule has 0 heterocycles. The summed E-state index contributed by atoms with van der Waals surface area (Å²) in [6.07, 6.45) is -4.79. The Hall–Kier alpha value is -1.80. The molecule has 0 aliphatic rings. The fraction of sp³-hybridized carbons (Fsp3) is 0.462. The molecule has 1 aromatic rings. The molecule has 21 heavy (non-hydrogen) atoms. The van der Waals surface area contributed by atoms with Crippen molar-refractivity contribution < 1.29 is 22.6 Å². The van der Waals surface area contributed by atoms with E-state index in [9.17, 15) is 13.2 Å². The van der Waals surface area contributed by atoms with Crippen molar-refractivity contribution in [1.29, 1.82) is 5.41 Å². The maximum absolute atomic E-state index is 12.8. The minimum Gasteiger partial charge on any atom is -0.384 e. The third kappa shape index (κ3) is 4.91. The van der Waals surface area contributed by atoms with Gasteiger partial charge in [0.25, 0.3) is 0 Å². The molecule has 0 saturated carbocycles. The van der Waals surface area contributed by atoms with E-state index >= 15 is 0 Å². The Morgan fingerprint density at radius 2 is 2.05 bits per heavy atom. The number of methoxy groups -OCH3 is 2. The van der Waals surface area contributed by atoms with Gasteiger partial charge in [0.2, 0.25) is 0 Å². The highest BCUT2D eigenvalue weighted by atomic mass is 19.4. The van der Waals surface area contributed by atoms with Crippen molar-refractivity contribution in [2.24, 2.45) is 5.73 Å². The highest BCUT2D eigenvalue weighted by Gasteiger charge is 2.34. The lowest BCUT2D eigenvalue weighted by atomic mass is 10.1. The number of amidine groups is 1. The van der Waals surface area contributed by atoms with E-state index in [4.69, 9.17) is 20.6 Å². The fourth-order valence-corrected chi connectivity index (χ4v) is 1.75. The van der Waals surface area contributed by atoms with E-state index in [0.717, 1.165) is 6.07 Å². The van der Waals surface area contributed by atoms with Gasteiger partial charge < -0.3 is 20.5 Å². The van der Waals surface area contributed by atoms with Crippen molar-refractivity contribution in [1.82, 2.24) is 0 Å². The molecule has 0 saturated heterocycles. The average Bonchev–Trinajstić information content (AvgIpc) is 2.42. The maximum atomic E-state index is 12.8. The van der Waals surface area contributed by atoms with E-state index in [1.807, 2.05) is 0 Å². The van der Waals surface area contributed by atoms with Crippen LogP contribution in [-0.2, 0) is 15.7 Å². The molecule has 5 nitrogen and oxygen atoms in total. The van der Waals surface area contributed by atoms with Gasteiger partial charge in [-0.25, -0.2) is 0 Å². The molecule has 8 heteroatoms. The number of nitrogen functional groups attached to an aromatic ring is 1. The van der Waals surface area contributed by atoms with Crippen molar-refractivity contribution in [2.75, 3.05) is 32.7 Å². The Morgan fingerprint density at radius 1 is 1.38 bits per heavy atom. The van der Waals surface area contributed by atoms with E-state index in [1.165, 1.54) is 26.4 Å². The van der Waals surface area contributed by atoms with Crippen molar-refractivity contribution >= 4 is 11.5 Å². The van der Waals surface area contributed by atoms with Gasteiger partial charge >= 0.3 is 6.18 Å². The summed E-state index contributed by atoms with van der Waals surface area (Å²) in [6.45, 7) is 0.705. The number of ether oxygens (including phenoxy) is 2. The first kappa shape index (κ1) is 17.3. The Labute approximate surface area is 120 Å². The first-order valence-electron chi connectivity index (χ1n) is 6.10. The van der Waals surface area contributed by atoms with Gasteiger partial charge in [0, 0.05) is 32.0 Å². The zero-order chi connectivity index (χ0) is 16.0. The molecule has 4 N–H and O–H groups in total. The van der Waals surface area contributed by atoms with Gasteiger partial charge in [-0.3, -0.25) is 5.41 Å². The summed E-state index contributed by atoms with van der Waals surface area (Å²) in [5.41, 5.74) is 4.36. The molecular formula is C13H18F3N3O2. The predicted molar refractivity (Wildman–Crippen MR) is 73.6 cm³/mol. The second-order valence-corrected chi connectivity index (χ2v) is 4.37. The first-order chi connectivity index (χ1) is 9.79. The molecule has 0 fully saturated rings. The van der Waals surface area contributed by atoms with Crippen LogP contribution in [0.15, 0.2) is 18.2 Å². The summed E-state index contributed by atoms with van der Waals surface area (Å²) < 4.78 is 48.5. The van der Waals surface area contributed by atoms with Gasteiger partial charge in [-0.15, -0.1) is 0 Å². The number of hydrogen-bond acceptors (Lipinski definition) is 4. The summed E-state index contributed by atoms with van der Waals surface area (Å²) in [5.74, 6) is -0.633. The number of alkyl halides is 3. The van der Waals surface area contributed by atoms with Crippen LogP contribution >= 0.6 is 0 Å². The second kappa shape index (κ2) is 7.28. The molecule has 118 valence electrons. The summed E-state index contributed by atoms with van der Waals surface area (Å²) in [7, 11) is 3.04. The molecule has 0 amide bonds. The Morgan fingerprint density at radius 3 is 2.52 bits per heavy atom. The molecule has 1 aromatic carbocycles. The standard InChI is InChI=1S/C13H18F3N3O2/c1-20-7-9(21-2)6-19-8-3-4-11(13(14,15)16)10(5-8)12(17)18/h3-5,9,19H,6-7H2,1-2H3,(H3,17,18). The number of benzene rings is 1. The van der Waals surface area contributed by atoms with Crippen LogP contribution in [-0.4, -0.2) is 39.3 Å². The van der Waals surface area contributed by atoms with Gasteiger partial charge in [-0.1, -0.05) is 0 Å². The lowest BCUT2D eigenvalue weighted by molar-refractivity contribution is -0.137. The van der Waals surface area contributed by atoms with Crippen LogP contribution in [0.4, 0.5) is 18.9 Å². The van der Waals surface area contributed by atoms with Crippen LogP contribution in [0.2, 0.25) is 0 Å². The Bertz CT molecular complexity index is 492. The molecule has 1 rings (SSSR count). The molecule has 1 unspecified atom stereocenters. The van der Waals surface area contributed by atoms with Crippen LogP contribution in [0.3, 0.4) is 0 Å². The van der Waals surface area contributed by atoms with Gasteiger partial charge in [0.05, 0.1) is 18.3 Å². The number of nitrogens with two attached hydrogens (primary N) is 1. The lowest BCUT2D eigenvalue weighted by Gasteiger charge is -2.17. The third-order valence-electron chi connectivity index (χ3n) is 2.83. The summed E-state index contributed by atoms with van der Waals surface area (Å²) >= 11 is 0. The minimum absolute atomic E-state index is 0.238. The minimum atomic E-state index is -4.55. The first-order valence-corrected chi connectivity index (χ1v) is 6.10. The average molecular weight is 305 g/mol. The van der Waals surface area contributed by atoms with E-state index in [1.54, 1.807) is 0 Å².